The molecule has 3 rings (SSSR count). The second-order valence-corrected chi connectivity index (χ2v) is 6.23. The second kappa shape index (κ2) is 7.27. The summed E-state index contributed by atoms with van der Waals surface area (Å²) in [6.45, 7) is 6.49. The zero-order chi connectivity index (χ0) is 15.4. The molecular formula is C17H22ClN3O. The van der Waals surface area contributed by atoms with Crippen LogP contribution in [0.1, 0.15) is 6.42 Å². The molecule has 0 spiro atoms. The first kappa shape index (κ1) is 15.5. The Labute approximate surface area is 136 Å². The van der Waals surface area contributed by atoms with E-state index < -0.39 is 0 Å². The van der Waals surface area contributed by atoms with Gasteiger partial charge in [-0.2, -0.15) is 0 Å². The van der Waals surface area contributed by atoms with E-state index in [2.05, 4.69) is 21.8 Å². The molecule has 0 atom stereocenters. The van der Waals surface area contributed by atoms with Crippen LogP contribution in [0.4, 0.5) is 0 Å². The van der Waals surface area contributed by atoms with Crippen molar-refractivity contribution in [2.24, 2.45) is 0 Å². The molecule has 0 unspecified atom stereocenters. The average molecular weight is 320 g/mol. The molecule has 1 saturated heterocycles. The third-order valence-electron chi connectivity index (χ3n) is 4.14. The van der Waals surface area contributed by atoms with Crippen LogP contribution in [0, 0.1) is 0 Å². The molecule has 0 bridgehead atoms. The van der Waals surface area contributed by atoms with Crippen molar-refractivity contribution in [3.05, 3.63) is 35.5 Å². The van der Waals surface area contributed by atoms with Gasteiger partial charge in [-0.25, -0.2) is 0 Å². The summed E-state index contributed by atoms with van der Waals surface area (Å²) >= 11 is 6.14. The Hall–Kier alpha value is -1.36. The summed E-state index contributed by atoms with van der Waals surface area (Å²) in [5, 5.41) is 1.69. The van der Waals surface area contributed by atoms with E-state index >= 15 is 0 Å². The smallest absolute Gasteiger partial charge is 0.121 e. The first-order valence-electron chi connectivity index (χ1n) is 7.80. The Balaban J connectivity index is 1.47. The fraction of sp³-hybridized carbons (Fsp3) is 0.471. The van der Waals surface area contributed by atoms with Crippen LogP contribution in [-0.4, -0.2) is 61.2 Å². The maximum atomic E-state index is 6.14. The van der Waals surface area contributed by atoms with Crippen LogP contribution in [0.15, 0.2) is 30.5 Å². The third kappa shape index (κ3) is 3.88. The Morgan fingerprint density at radius 2 is 2.00 bits per heavy atom. The van der Waals surface area contributed by atoms with Crippen LogP contribution in [0.3, 0.4) is 0 Å². The molecule has 0 aliphatic carbocycles. The van der Waals surface area contributed by atoms with E-state index in [-0.39, 0.29) is 0 Å². The number of hydrogen-bond donors (Lipinski definition) is 0. The largest absolute Gasteiger partial charge is 0.493 e. The van der Waals surface area contributed by atoms with E-state index in [1.54, 1.807) is 12.3 Å². The topological polar surface area (TPSA) is 28.6 Å². The molecule has 1 fully saturated rings. The second-order valence-electron chi connectivity index (χ2n) is 5.82. The number of pyridine rings is 1. The van der Waals surface area contributed by atoms with Crippen molar-refractivity contribution in [2.45, 2.75) is 6.42 Å². The number of ether oxygens (including phenoxy) is 1. The predicted octanol–water partition coefficient (Wildman–Crippen LogP) is 2.90. The highest BCUT2D eigenvalue weighted by atomic mass is 35.5. The molecule has 0 radical (unpaired) electrons. The van der Waals surface area contributed by atoms with Gasteiger partial charge in [0.1, 0.15) is 5.75 Å². The first-order chi connectivity index (χ1) is 10.7. The zero-order valence-corrected chi connectivity index (χ0v) is 13.7. The zero-order valence-electron chi connectivity index (χ0n) is 13.0. The van der Waals surface area contributed by atoms with Crippen LogP contribution in [0.25, 0.3) is 10.9 Å². The van der Waals surface area contributed by atoms with Gasteiger partial charge >= 0.3 is 0 Å². The van der Waals surface area contributed by atoms with Crippen molar-refractivity contribution in [1.29, 1.82) is 0 Å². The number of aromatic nitrogens is 1. The molecule has 0 amide bonds. The van der Waals surface area contributed by atoms with E-state index in [0.717, 1.165) is 67.4 Å². The van der Waals surface area contributed by atoms with Crippen LogP contribution >= 0.6 is 11.6 Å². The molecule has 1 aliphatic heterocycles. The lowest BCUT2D eigenvalue weighted by atomic mass is 10.2. The van der Waals surface area contributed by atoms with Crippen molar-refractivity contribution >= 4 is 22.5 Å². The number of nitrogens with zero attached hydrogens (tertiary/aromatic N) is 3. The minimum atomic E-state index is 0.728. The number of rotatable bonds is 5. The molecule has 1 aromatic heterocycles. The Kier molecular flexibility index (Phi) is 5.13. The number of halogens is 1. The molecule has 1 aliphatic rings. The molecule has 2 heterocycles. The average Bonchev–Trinajstić information content (AvgIpc) is 2.53. The highest BCUT2D eigenvalue weighted by Crippen LogP contribution is 2.25. The standard InChI is InChI=1S/C17H22ClN3O/c1-20-8-10-21(11-9-20)7-2-12-22-14-3-4-15-16(18)5-6-19-17(15)13-14/h3-6,13H,2,7-12H2,1H3. The molecule has 1 aromatic carbocycles. The minimum Gasteiger partial charge on any atom is -0.493 e. The van der Waals surface area contributed by atoms with E-state index in [4.69, 9.17) is 16.3 Å². The molecule has 2 aromatic rings. The summed E-state index contributed by atoms with van der Waals surface area (Å²) in [5.74, 6) is 0.862. The van der Waals surface area contributed by atoms with Crippen LogP contribution in [0.2, 0.25) is 5.02 Å². The SMILES string of the molecule is CN1CCN(CCCOc2ccc3c(Cl)ccnc3c2)CC1. The highest BCUT2D eigenvalue weighted by Gasteiger charge is 2.12. The van der Waals surface area contributed by atoms with Crippen LogP contribution in [0.5, 0.6) is 5.75 Å². The van der Waals surface area contributed by atoms with Gasteiger partial charge in [0.15, 0.2) is 0 Å². The normalized spacial score (nSPS) is 17.0. The Morgan fingerprint density at radius 3 is 2.82 bits per heavy atom. The minimum absolute atomic E-state index is 0.728. The quantitative estimate of drug-likeness (QED) is 0.792. The van der Waals surface area contributed by atoms with E-state index in [0.29, 0.717) is 0 Å². The maximum Gasteiger partial charge on any atom is 0.121 e. The summed E-state index contributed by atoms with van der Waals surface area (Å²) in [6.07, 6.45) is 2.77. The summed E-state index contributed by atoms with van der Waals surface area (Å²) in [6, 6.07) is 7.70. The lowest BCUT2D eigenvalue weighted by molar-refractivity contribution is 0.145. The number of fused-ring (bicyclic) bond motifs is 1. The summed E-state index contributed by atoms with van der Waals surface area (Å²) in [7, 11) is 2.18. The fourth-order valence-electron chi connectivity index (χ4n) is 2.73. The van der Waals surface area contributed by atoms with Gasteiger partial charge in [-0.3, -0.25) is 4.98 Å². The van der Waals surface area contributed by atoms with Crippen molar-refractivity contribution in [3.63, 3.8) is 0 Å². The number of benzene rings is 1. The Morgan fingerprint density at radius 1 is 1.18 bits per heavy atom. The lowest BCUT2D eigenvalue weighted by Crippen LogP contribution is -2.44. The van der Waals surface area contributed by atoms with Crippen molar-refractivity contribution in [3.8, 4) is 5.75 Å². The highest BCUT2D eigenvalue weighted by molar-refractivity contribution is 6.35. The predicted molar refractivity (Wildman–Crippen MR) is 90.8 cm³/mol. The van der Waals surface area contributed by atoms with Gasteiger partial charge in [0.05, 0.1) is 17.1 Å². The molecule has 0 N–H and O–H groups in total. The van der Waals surface area contributed by atoms with E-state index in [1.165, 1.54) is 0 Å². The lowest BCUT2D eigenvalue weighted by Gasteiger charge is -2.32. The molecule has 5 heteroatoms. The van der Waals surface area contributed by atoms with Crippen LogP contribution in [-0.2, 0) is 0 Å². The first-order valence-corrected chi connectivity index (χ1v) is 8.18. The molecule has 22 heavy (non-hydrogen) atoms. The van der Waals surface area contributed by atoms with Gasteiger partial charge in [-0.05, 0) is 31.7 Å². The molecule has 4 nitrogen and oxygen atoms in total. The van der Waals surface area contributed by atoms with Crippen molar-refractivity contribution in [2.75, 3.05) is 46.4 Å². The molecule has 0 saturated carbocycles. The molecular weight excluding hydrogens is 298 g/mol. The van der Waals surface area contributed by atoms with Gasteiger partial charge in [-0.15, -0.1) is 0 Å². The Bertz CT molecular complexity index is 626. The summed E-state index contributed by atoms with van der Waals surface area (Å²) in [4.78, 5) is 9.21. The van der Waals surface area contributed by atoms with Crippen LogP contribution < -0.4 is 4.74 Å². The maximum absolute atomic E-state index is 6.14. The third-order valence-corrected chi connectivity index (χ3v) is 4.47. The van der Waals surface area contributed by atoms with Gasteiger partial charge in [-0.1, -0.05) is 11.6 Å². The monoisotopic (exact) mass is 319 g/mol. The fourth-order valence-corrected chi connectivity index (χ4v) is 2.95. The van der Waals surface area contributed by atoms with Gasteiger partial charge in [0, 0.05) is 50.4 Å². The number of piperazine rings is 1. The van der Waals surface area contributed by atoms with Crippen molar-refractivity contribution < 1.29 is 4.74 Å². The number of hydrogen-bond acceptors (Lipinski definition) is 4. The van der Waals surface area contributed by atoms with E-state index in [9.17, 15) is 0 Å². The van der Waals surface area contributed by atoms with Crippen molar-refractivity contribution in [1.82, 2.24) is 14.8 Å². The summed E-state index contributed by atoms with van der Waals surface area (Å²) < 4.78 is 5.85. The van der Waals surface area contributed by atoms with Gasteiger partial charge in [0.2, 0.25) is 0 Å². The molecule has 118 valence electrons. The summed E-state index contributed by atoms with van der Waals surface area (Å²) in [5.41, 5.74) is 0.879. The van der Waals surface area contributed by atoms with E-state index in [1.807, 2.05) is 18.2 Å². The number of likely N-dealkylation sites (N-methyl/N-ethyl adjacent to an activating group) is 1. The van der Waals surface area contributed by atoms with Gasteiger partial charge in [0.25, 0.3) is 0 Å². The van der Waals surface area contributed by atoms with Gasteiger partial charge < -0.3 is 14.5 Å².